The molecule has 25 heavy (non-hydrogen) atoms. The number of nitrogens with two attached hydrogens (primary N) is 1. The molecule has 5 heteroatoms. The first-order valence-corrected chi connectivity index (χ1v) is 9.21. The number of rotatable bonds is 4. The number of anilines is 1. The number of nitrogens with zero attached hydrogens (tertiary/aromatic N) is 1. The molecule has 2 aromatic heterocycles. The molecule has 0 atom stereocenters. The molecule has 0 radical (unpaired) electrons. The fraction of sp³-hybridized carbons (Fsp3) is 0.300. The average molecular weight is 353 g/mol. The molecular weight excluding hydrogens is 330 g/mol. The van der Waals surface area contributed by atoms with Gasteiger partial charge >= 0.3 is 0 Å². The summed E-state index contributed by atoms with van der Waals surface area (Å²) < 4.78 is 0. The van der Waals surface area contributed by atoms with Crippen molar-refractivity contribution in [3.8, 4) is 11.3 Å². The second-order valence-electron chi connectivity index (χ2n) is 6.95. The molecule has 3 rings (SSSR count). The number of aromatic nitrogens is 1. The van der Waals surface area contributed by atoms with Gasteiger partial charge in [-0.05, 0) is 39.3 Å². The zero-order valence-corrected chi connectivity index (χ0v) is 15.8. The van der Waals surface area contributed by atoms with Crippen molar-refractivity contribution in [3.63, 3.8) is 0 Å². The Morgan fingerprint density at radius 1 is 1.20 bits per heavy atom. The third-order valence-electron chi connectivity index (χ3n) is 4.48. The monoisotopic (exact) mass is 353 g/mol. The van der Waals surface area contributed by atoms with Gasteiger partial charge < -0.3 is 11.1 Å². The molecule has 0 saturated carbocycles. The van der Waals surface area contributed by atoms with E-state index in [9.17, 15) is 4.79 Å². The lowest BCUT2D eigenvalue weighted by atomic mass is 10.0. The van der Waals surface area contributed by atoms with Gasteiger partial charge in [0.05, 0.1) is 11.4 Å². The number of nitrogens with one attached hydrogen (secondary N) is 1. The van der Waals surface area contributed by atoms with E-state index in [1.54, 1.807) is 0 Å². The molecule has 130 valence electrons. The van der Waals surface area contributed by atoms with Crippen LogP contribution in [0.5, 0.6) is 0 Å². The van der Waals surface area contributed by atoms with Crippen LogP contribution < -0.4 is 11.1 Å². The number of fused-ring (bicyclic) bond motifs is 1. The average Bonchev–Trinajstić information content (AvgIpc) is 2.92. The van der Waals surface area contributed by atoms with Gasteiger partial charge in [0.2, 0.25) is 0 Å². The number of aryl methyl sites for hydroxylation is 1. The maximum Gasteiger partial charge on any atom is 0.263 e. The van der Waals surface area contributed by atoms with Crippen LogP contribution in [0, 0.1) is 6.92 Å². The quantitative estimate of drug-likeness (QED) is 0.710. The zero-order valence-electron chi connectivity index (χ0n) is 15.0. The van der Waals surface area contributed by atoms with Crippen LogP contribution >= 0.6 is 11.3 Å². The molecule has 1 aromatic carbocycles. The molecule has 1 amide bonds. The van der Waals surface area contributed by atoms with Crippen molar-refractivity contribution in [2.45, 2.75) is 39.7 Å². The third kappa shape index (κ3) is 3.51. The molecule has 3 aromatic rings. The molecule has 0 fully saturated rings. The van der Waals surface area contributed by atoms with Gasteiger partial charge in [0, 0.05) is 16.5 Å². The summed E-state index contributed by atoms with van der Waals surface area (Å²) in [7, 11) is 0. The van der Waals surface area contributed by atoms with Crippen LogP contribution in [0.2, 0.25) is 0 Å². The molecular formula is C20H23N3OS. The molecule has 0 saturated heterocycles. The summed E-state index contributed by atoms with van der Waals surface area (Å²) in [5.74, 6) is -0.135. The number of nitrogen functional groups attached to an aromatic ring is 1. The predicted molar refractivity (Wildman–Crippen MR) is 106 cm³/mol. The second kappa shape index (κ2) is 6.48. The van der Waals surface area contributed by atoms with Crippen LogP contribution in [0.25, 0.3) is 21.5 Å². The van der Waals surface area contributed by atoms with Crippen LogP contribution in [0.1, 0.15) is 42.4 Å². The minimum atomic E-state index is -0.264. The fourth-order valence-electron chi connectivity index (χ4n) is 2.50. The molecule has 0 aliphatic heterocycles. The lowest BCUT2D eigenvalue weighted by Crippen LogP contribution is -2.42. The van der Waals surface area contributed by atoms with E-state index in [4.69, 9.17) is 10.7 Å². The normalized spacial score (nSPS) is 11.7. The van der Waals surface area contributed by atoms with Crippen LogP contribution in [-0.2, 0) is 0 Å². The van der Waals surface area contributed by atoms with Crippen molar-refractivity contribution in [2.24, 2.45) is 0 Å². The minimum Gasteiger partial charge on any atom is -0.397 e. The van der Waals surface area contributed by atoms with E-state index in [1.165, 1.54) is 16.9 Å². The number of amides is 1. The largest absolute Gasteiger partial charge is 0.397 e. The number of benzene rings is 1. The summed E-state index contributed by atoms with van der Waals surface area (Å²) in [6.07, 6.45) is 0.847. The van der Waals surface area contributed by atoms with Gasteiger partial charge in [-0.1, -0.05) is 36.8 Å². The fourth-order valence-corrected chi connectivity index (χ4v) is 3.49. The number of hydrogen-bond donors (Lipinski definition) is 2. The Bertz CT molecular complexity index is 926. The van der Waals surface area contributed by atoms with Gasteiger partial charge in [-0.3, -0.25) is 4.79 Å². The lowest BCUT2D eigenvalue weighted by Gasteiger charge is -2.24. The molecule has 3 N–H and O–H groups in total. The maximum absolute atomic E-state index is 12.6. The Balaban J connectivity index is 1.99. The van der Waals surface area contributed by atoms with E-state index in [-0.39, 0.29) is 11.4 Å². The Morgan fingerprint density at radius 2 is 1.88 bits per heavy atom. The van der Waals surface area contributed by atoms with Gasteiger partial charge in [0.25, 0.3) is 5.91 Å². The minimum absolute atomic E-state index is 0.135. The van der Waals surface area contributed by atoms with Crippen molar-refractivity contribution in [2.75, 3.05) is 5.73 Å². The van der Waals surface area contributed by atoms with Crippen molar-refractivity contribution in [1.29, 1.82) is 0 Å². The molecule has 0 aliphatic carbocycles. The van der Waals surface area contributed by atoms with Crippen molar-refractivity contribution in [1.82, 2.24) is 10.3 Å². The summed E-state index contributed by atoms with van der Waals surface area (Å²) in [5, 5.41) is 3.87. The van der Waals surface area contributed by atoms with Gasteiger partial charge in [0.15, 0.2) is 0 Å². The number of carbonyl (C=O) groups excluding carboxylic acids is 1. The topological polar surface area (TPSA) is 68.0 Å². The summed E-state index contributed by atoms with van der Waals surface area (Å²) in [6.45, 7) is 8.11. The van der Waals surface area contributed by atoms with Gasteiger partial charge in [-0.2, -0.15) is 0 Å². The number of hydrogen-bond acceptors (Lipinski definition) is 4. The van der Waals surface area contributed by atoms with E-state index in [0.717, 1.165) is 27.9 Å². The highest BCUT2D eigenvalue weighted by Gasteiger charge is 2.23. The first kappa shape index (κ1) is 17.4. The lowest BCUT2D eigenvalue weighted by molar-refractivity contribution is 0.0916. The molecule has 0 bridgehead atoms. The number of carbonyl (C=O) groups is 1. The summed E-state index contributed by atoms with van der Waals surface area (Å²) >= 11 is 1.35. The summed E-state index contributed by atoms with van der Waals surface area (Å²) in [6, 6.07) is 12.1. The first-order chi connectivity index (χ1) is 11.8. The van der Waals surface area contributed by atoms with Gasteiger partial charge in [-0.25, -0.2) is 4.98 Å². The van der Waals surface area contributed by atoms with E-state index < -0.39 is 0 Å². The highest BCUT2D eigenvalue weighted by molar-refractivity contribution is 7.21. The molecule has 4 nitrogen and oxygen atoms in total. The standard InChI is InChI=1S/C20H23N3OS/c1-5-20(3,4)23-18(24)17-16(21)14-10-11-15(22-19(14)25-17)13-8-6-12(2)7-9-13/h6-11H,5,21H2,1-4H3,(H,23,24). The van der Waals surface area contributed by atoms with E-state index in [0.29, 0.717) is 10.6 Å². The maximum atomic E-state index is 12.6. The first-order valence-electron chi connectivity index (χ1n) is 8.39. The Morgan fingerprint density at radius 3 is 2.52 bits per heavy atom. The van der Waals surface area contributed by atoms with Crippen LogP contribution in [-0.4, -0.2) is 16.4 Å². The van der Waals surface area contributed by atoms with Crippen molar-refractivity contribution in [3.05, 3.63) is 46.8 Å². The predicted octanol–water partition coefficient (Wildman–Crippen LogP) is 4.77. The number of thiophene rings is 1. The van der Waals surface area contributed by atoms with Crippen LogP contribution in [0.3, 0.4) is 0 Å². The van der Waals surface area contributed by atoms with E-state index >= 15 is 0 Å². The molecule has 0 unspecified atom stereocenters. The Hall–Kier alpha value is -2.40. The van der Waals surface area contributed by atoms with Gasteiger partial charge in [0.1, 0.15) is 9.71 Å². The number of pyridine rings is 1. The van der Waals surface area contributed by atoms with Crippen molar-refractivity contribution >= 4 is 33.1 Å². The summed E-state index contributed by atoms with van der Waals surface area (Å²) in [4.78, 5) is 18.6. The second-order valence-corrected chi connectivity index (χ2v) is 7.95. The van der Waals surface area contributed by atoms with Crippen LogP contribution in [0.4, 0.5) is 5.69 Å². The molecule has 0 aliphatic rings. The highest BCUT2D eigenvalue weighted by Crippen LogP contribution is 2.34. The molecule has 2 heterocycles. The van der Waals surface area contributed by atoms with Crippen molar-refractivity contribution < 1.29 is 4.79 Å². The SMILES string of the molecule is CCC(C)(C)NC(=O)c1sc2nc(-c3ccc(C)cc3)ccc2c1N. The Labute approximate surface area is 152 Å². The third-order valence-corrected chi connectivity index (χ3v) is 5.60. The van der Waals surface area contributed by atoms with E-state index in [1.807, 2.05) is 32.9 Å². The molecule has 0 spiro atoms. The van der Waals surface area contributed by atoms with Gasteiger partial charge in [-0.15, -0.1) is 11.3 Å². The zero-order chi connectivity index (χ0) is 18.2. The Kier molecular flexibility index (Phi) is 4.52. The smallest absolute Gasteiger partial charge is 0.263 e. The summed E-state index contributed by atoms with van der Waals surface area (Å²) in [5.41, 5.74) is 9.61. The highest BCUT2D eigenvalue weighted by atomic mass is 32.1. The van der Waals surface area contributed by atoms with E-state index in [2.05, 4.69) is 36.5 Å². The van der Waals surface area contributed by atoms with Crippen LogP contribution in [0.15, 0.2) is 36.4 Å².